The first-order valence-electron chi connectivity index (χ1n) is 6.57. The van der Waals surface area contributed by atoms with Gasteiger partial charge in [0, 0.05) is 17.1 Å². The van der Waals surface area contributed by atoms with E-state index in [1.807, 2.05) is 0 Å². The second-order valence-electron chi connectivity index (χ2n) is 5.18. The first-order chi connectivity index (χ1) is 8.34. The summed E-state index contributed by atoms with van der Waals surface area (Å²) in [6, 6.07) is 8.40. The number of aliphatic hydroxyl groups excluding tert-OH is 1. The third kappa shape index (κ3) is 2.09. The highest BCUT2D eigenvalue weighted by Crippen LogP contribution is 2.29. The zero-order valence-corrected chi connectivity index (χ0v) is 10.0. The summed E-state index contributed by atoms with van der Waals surface area (Å²) in [4.78, 5) is 3.31. The summed E-state index contributed by atoms with van der Waals surface area (Å²) in [6.07, 6.45) is 7.61. The van der Waals surface area contributed by atoms with Gasteiger partial charge in [0.25, 0.3) is 0 Å². The summed E-state index contributed by atoms with van der Waals surface area (Å²) in [6.45, 7) is 0. The van der Waals surface area contributed by atoms with Crippen LogP contribution in [-0.4, -0.2) is 16.2 Å². The largest absolute Gasteiger partial charge is 0.393 e. The van der Waals surface area contributed by atoms with E-state index in [2.05, 4.69) is 35.4 Å². The summed E-state index contributed by atoms with van der Waals surface area (Å²) >= 11 is 0. The van der Waals surface area contributed by atoms with E-state index < -0.39 is 0 Å². The van der Waals surface area contributed by atoms with E-state index in [0.717, 1.165) is 12.8 Å². The first kappa shape index (κ1) is 10.8. The Morgan fingerprint density at radius 1 is 1.18 bits per heavy atom. The average Bonchev–Trinajstić information content (AvgIpc) is 2.76. The lowest BCUT2D eigenvalue weighted by atomic mass is 9.82. The van der Waals surface area contributed by atoms with Crippen LogP contribution in [0.15, 0.2) is 30.5 Å². The number of para-hydroxylation sites is 1. The highest BCUT2D eigenvalue weighted by atomic mass is 16.3. The predicted molar refractivity (Wildman–Crippen MR) is 70.0 cm³/mol. The Hall–Kier alpha value is -1.28. The van der Waals surface area contributed by atoms with Crippen LogP contribution in [0.25, 0.3) is 10.9 Å². The maximum absolute atomic E-state index is 10.0. The Morgan fingerprint density at radius 2 is 2.00 bits per heavy atom. The Balaban J connectivity index is 1.84. The van der Waals surface area contributed by atoms with Gasteiger partial charge in [-0.15, -0.1) is 0 Å². The van der Waals surface area contributed by atoms with Gasteiger partial charge in [0.05, 0.1) is 6.10 Å². The zero-order valence-electron chi connectivity index (χ0n) is 10.0. The van der Waals surface area contributed by atoms with Gasteiger partial charge in [0.1, 0.15) is 0 Å². The Morgan fingerprint density at radius 3 is 2.88 bits per heavy atom. The van der Waals surface area contributed by atoms with Crippen molar-refractivity contribution in [2.45, 2.75) is 38.2 Å². The molecule has 1 aromatic carbocycles. The van der Waals surface area contributed by atoms with Gasteiger partial charge in [-0.25, -0.2) is 0 Å². The number of benzene rings is 1. The molecular formula is C15H19NO. The number of nitrogens with one attached hydrogen (secondary N) is 1. The molecule has 2 N–H and O–H groups in total. The highest BCUT2D eigenvalue weighted by Gasteiger charge is 2.23. The van der Waals surface area contributed by atoms with Crippen molar-refractivity contribution < 1.29 is 5.11 Å². The number of aromatic amines is 1. The third-order valence-corrected chi connectivity index (χ3v) is 4.03. The Labute approximate surface area is 102 Å². The zero-order chi connectivity index (χ0) is 11.7. The van der Waals surface area contributed by atoms with Crippen LogP contribution in [0.3, 0.4) is 0 Å². The van der Waals surface area contributed by atoms with Gasteiger partial charge in [-0.2, -0.15) is 0 Å². The van der Waals surface area contributed by atoms with Crippen molar-refractivity contribution in [3.05, 3.63) is 36.0 Å². The topological polar surface area (TPSA) is 36.0 Å². The minimum atomic E-state index is -0.0996. The number of H-pyrrole nitrogens is 1. The lowest BCUT2D eigenvalue weighted by molar-refractivity contribution is 0.0702. The van der Waals surface area contributed by atoms with Crippen LogP contribution in [0.4, 0.5) is 0 Å². The van der Waals surface area contributed by atoms with Gasteiger partial charge < -0.3 is 10.1 Å². The standard InChI is InChI=1S/C15H19NO/c17-15-8-4-1-5-11(15)9-12-10-16-14-7-3-2-6-13(12)14/h2-3,6-7,10-11,15-17H,1,4-5,8-9H2. The Kier molecular flexibility index (Phi) is 2.89. The maximum Gasteiger partial charge on any atom is 0.0571 e. The second-order valence-corrected chi connectivity index (χ2v) is 5.18. The summed E-state index contributed by atoms with van der Waals surface area (Å²) in [5.74, 6) is 0.447. The van der Waals surface area contributed by atoms with E-state index in [-0.39, 0.29) is 6.10 Å². The molecule has 1 fully saturated rings. The SMILES string of the molecule is OC1CCCCC1Cc1c[nH]c2ccccc12. The van der Waals surface area contributed by atoms with E-state index in [4.69, 9.17) is 0 Å². The van der Waals surface area contributed by atoms with E-state index in [0.29, 0.717) is 5.92 Å². The summed E-state index contributed by atoms with van der Waals surface area (Å²) < 4.78 is 0. The molecular weight excluding hydrogens is 210 g/mol. The molecule has 0 radical (unpaired) electrons. The molecule has 3 rings (SSSR count). The monoisotopic (exact) mass is 229 g/mol. The molecule has 2 aromatic rings. The van der Waals surface area contributed by atoms with Crippen molar-refractivity contribution >= 4 is 10.9 Å². The van der Waals surface area contributed by atoms with Crippen molar-refractivity contribution in [2.24, 2.45) is 5.92 Å². The van der Waals surface area contributed by atoms with Crippen LogP contribution in [0, 0.1) is 5.92 Å². The maximum atomic E-state index is 10.0. The molecule has 2 nitrogen and oxygen atoms in total. The fourth-order valence-corrected chi connectivity index (χ4v) is 3.01. The van der Waals surface area contributed by atoms with Gasteiger partial charge >= 0.3 is 0 Å². The van der Waals surface area contributed by atoms with Crippen molar-refractivity contribution in [3.63, 3.8) is 0 Å². The Bertz CT molecular complexity index is 502. The second kappa shape index (κ2) is 4.53. The lowest BCUT2D eigenvalue weighted by Crippen LogP contribution is -2.26. The molecule has 0 saturated heterocycles. The molecule has 90 valence electrons. The molecule has 0 bridgehead atoms. The summed E-state index contributed by atoms with van der Waals surface area (Å²) in [5.41, 5.74) is 2.55. The summed E-state index contributed by atoms with van der Waals surface area (Å²) in [5, 5.41) is 11.3. The molecule has 2 atom stereocenters. The van der Waals surface area contributed by atoms with Crippen LogP contribution >= 0.6 is 0 Å². The molecule has 1 saturated carbocycles. The third-order valence-electron chi connectivity index (χ3n) is 4.03. The van der Waals surface area contributed by atoms with E-state index in [9.17, 15) is 5.11 Å². The summed E-state index contributed by atoms with van der Waals surface area (Å²) in [7, 11) is 0. The molecule has 0 aliphatic heterocycles. The molecule has 1 aliphatic rings. The molecule has 1 aliphatic carbocycles. The fourth-order valence-electron chi connectivity index (χ4n) is 3.01. The van der Waals surface area contributed by atoms with E-state index in [1.165, 1.54) is 35.7 Å². The quantitative estimate of drug-likeness (QED) is 0.814. The molecule has 17 heavy (non-hydrogen) atoms. The number of aromatic nitrogens is 1. The number of aliphatic hydroxyl groups is 1. The first-order valence-corrected chi connectivity index (χ1v) is 6.57. The molecule has 2 unspecified atom stereocenters. The van der Waals surface area contributed by atoms with Gasteiger partial charge in [0.2, 0.25) is 0 Å². The molecule has 2 heteroatoms. The van der Waals surface area contributed by atoms with Crippen LogP contribution in [0.2, 0.25) is 0 Å². The van der Waals surface area contributed by atoms with E-state index in [1.54, 1.807) is 0 Å². The van der Waals surface area contributed by atoms with Crippen LogP contribution in [0.5, 0.6) is 0 Å². The number of hydrogen-bond donors (Lipinski definition) is 2. The fraction of sp³-hybridized carbons (Fsp3) is 0.467. The van der Waals surface area contributed by atoms with Crippen LogP contribution < -0.4 is 0 Å². The van der Waals surface area contributed by atoms with Crippen LogP contribution in [-0.2, 0) is 6.42 Å². The number of rotatable bonds is 2. The van der Waals surface area contributed by atoms with Gasteiger partial charge in [-0.3, -0.25) is 0 Å². The highest BCUT2D eigenvalue weighted by molar-refractivity contribution is 5.83. The van der Waals surface area contributed by atoms with Crippen LogP contribution in [0.1, 0.15) is 31.2 Å². The number of fused-ring (bicyclic) bond motifs is 1. The number of hydrogen-bond acceptors (Lipinski definition) is 1. The van der Waals surface area contributed by atoms with Crippen molar-refractivity contribution in [1.82, 2.24) is 4.98 Å². The molecule has 0 spiro atoms. The molecule has 0 amide bonds. The van der Waals surface area contributed by atoms with Crippen molar-refractivity contribution in [3.8, 4) is 0 Å². The average molecular weight is 229 g/mol. The normalized spacial score (nSPS) is 25.2. The lowest BCUT2D eigenvalue weighted by Gasteiger charge is -2.27. The van der Waals surface area contributed by atoms with Gasteiger partial charge in [0.15, 0.2) is 0 Å². The molecule has 1 aromatic heterocycles. The van der Waals surface area contributed by atoms with Crippen molar-refractivity contribution in [2.75, 3.05) is 0 Å². The smallest absolute Gasteiger partial charge is 0.0571 e. The minimum absolute atomic E-state index is 0.0996. The predicted octanol–water partition coefficient (Wildman–Crippen LogP) is 3.26. The molecule has 1 heterocycles. The minimum Gasteiger partial charge on any atom is -0.393 e. The van der Waals surface area contributed by atoms with Gasteiger partial charge in [-0.05, 0) is 36.8 Å². The van der Waals surface area contributed by atoms with Gasteiger partial charge in [-0.1, -0.05) is 31.0 Å². The van der Waals surface area contributed by atoms with Crippen molar-refractivity contribution in [1.29, 1.82) is 0 Å². The van der Waals surface area contributed by atoms with E-state index >= 15 is 0 Å².